The van der Waals surface area contributed by atoms with E-state index in [0.29, 0.717) is 0 Å². The molecule has 0 saturated heterocycles. The van der Waals surface area contributed by atoms with Gasteiger partial charge in [0.1, 0.15) is 5.82 Å². The first-order valence-electron chi connectivity index (χ1n) is 7.77. The largest absolute Gasteiger partial charge is 0.370 e. The predicted molar refractivity (Wildman–Crippen MR) is 89.2 cm³/mol. The molecular weight excluding hydrogens is 258 g/mol. The van der Waals surface area contributed by atoms with E-state index >= 15 is 0 Å². The SMILES string of the molecule is CCCNc1ncccc1CN(CC)Cc1ccccc1. The van der Waals surface area contributed by atoms with Crippen LogP contribution >= 0.6 is 0 Å². The smallest absolute Gasteiger partial charge is 0.130 e. The van der Waals surface area contributed by atoms with Gasteiger partial charge in [-0.2, -0.15) is 0 Å². The number of hydrogen-bond acceptors (Lipinski definition) is 3. The van der Waals surface area contributed by atoms with Crippen molar-refractivity contribution in [3.8, 4) is 0 Å². The van der Waals surface area contributed by atoms with Gasteiger partial charge in [-0.1, -0.05) is 50.2 Å². The molecule has 112 valence electrons. The van der Waals surface area contributed by atoms with Crippen molar-refractivity contribution in [1.82, 2.24) is 9.88 Å². The molecule has 0 fully saturated rings. The Kier molecular flexibility index (Phi) is 6.22. The highest BCUT2D eigenvalue weighted by atomic mass is 15.1. The van der Waals surface area contributed by atoms with Crippen LogP contribution in [0.25, 0.3) is 0 Å². The van der Waals surface area contributed by atoms with Crippen LogP contribution in [0.2, 0.25) is 0 Å². The van der Waals surface area contributed by atoms with E-state index in [1.807, 2.05) is 12.3 Å². The number of aromatic nitrogens is 1. The van der Waals surface area contributed by atoms with E-state index in [4.69, 9.17) is 0 Å². The lowest BCUT2D eigenvalue weighted by atomic mass is 10.2. The molecule has 0 bridgehead atoms. The summed E-state index contributed by atoms with van der Waals surface area (Å²) >= 11 is 0. The minimum atomic E-state index is 0.922. The first-order valence-corrected chi connectivity index (χ1v) is 7.77. The summed E-state index contributed by atoms with van der Waals surface area (Å²) in [6.45, 7) is 8.26. The fourth-order valence-corrected chi connectivity index (χ4v) is 2.33. The van der Waals surface area contributed by atoms with Gasteiger partial charge in [-0.25, -0.2) is 4.98 Å². The Hall–Kier alpha value is -1.87. The summed E-state index contributed by atoms with van der Waals surface area (Å²) in [5, 5.41) is 3.42. The quantitative estimate of drug-likeness (QED) is 0.795. The maximum atomic E-state index is 4.47. The average molecular weight is 283 g/mol. The highest BCUT2D eigenvalue weighted by molar-refractivity contribution is 5.43. The zero-order valence-electron chi connectivity index (χ0n) is 13.0. The van der Waals surface area contributed by atoms with Crippen LogP contribution in [-0.2, 0) is 13.1 Å². The fraction of sp³-hybridized carbons (Fsp3) is 0.389. The lowest BCUT2D eigenvalue weighted by Crippen LogP contribution is -2.23. The molecule has 1 aromatic carbocycles. The molecule has 2 aromatic rings. The van der Waals surface area contributed by atoms with E-state index in [-0.39, 0.29) is 0 Å². The highest BCUT2D eigenvalue weighted by Gasteiger charge is 2.09. The molecule has 0 radical (unpaired) electrons. The number of hydrogen-bond donors (Lipinski definition) is 1. The zero-order chi connectivity index (χ0) is 14.9. The Morgan fingerprint density at radius 1 is 1.00 bits per heavy atom. The van der Waals surface area contributed by atoms with Gasteiger partial charge < -0.3 is 5.32 Å². The third-order valence-electron chi connectivity index (χ3n) is 3.52. The van der Waals surface area contributed by atoms with Crippen molar-refractivity contribution < 1.29 is 0 Å². The Morgan fingerprint density at radius 3 is 2.52 bits per heavy atom. The van der Waals surface area contributed by atoms with E-state index in [1.54, 1.807) is 0 Å². The third-order valence-corrected chi connectivity index (χ3v) is 3.52. The Balaban J connectivity index is 2.04. The molecule has 1 heterocycles. The normalized spacial score (nSPS) is 10.8. The minimum absolute atomic E-state index is 0.922. The van der Waals surface area contributed by atoms with E-state index in [0.717, 1.165) is 38.4 Å². The molecule has 1 aromatic heterocycles. The van der Waals surface area contributed by atoms with Gasteiger partial charge in [0.2, 0.25) is 0 Å². The topological polar surface area (TPSA) is 28.2 Å². The Labute approximate surface area is 128 Å². The maximum absolute atomic E-state index is 4.47. The maximum Gasteiger partial charge on any atom is 0.130 e. The van der Waals surface area contributed by atoms with E-state index in [1.165, 1.54) is 11.1 Å². The molecule has 0 aliphatic carbocycles. The van der Waals surface area contributed by atoms with Gasteiger partial charge >= 0.3 is 0 Å². The molecule has 0 atom stereocenters. The molecule has 1 N–H and O–H groups in total. The zero-order valence-corrected chi connectivity index (χ0v) is 13.0. The number of pyridine rings is 1. The molecule has 0 unspecified atom stereocenters. The van der Waals surface area contributed by atoms with Gasteiger partial charge in [0.25, 0.3) is 0 Å². The first kappa shape index (κ1) is 15.5. The van der Waals surface area contributed by atoms with Gasteiger partial charge in [0.05, 0.1) is 0 Å². The molecule has 0 spiro atoms. The molecule has 2 rings (SSSR count). The Morgan fingerprint density at radius 2 is 1.81 bits per heavy atom. The lowest BCUT2D eigenvalue weighted by molar-refractivity contribution is 0.271. The number of nitrogens with zero attached hydrogens (tertiary/aromatic N) is 2. The van der Waals surface area contributed by atoms with E-state index in [2.05, 4.69) is 65.4 Å². The molecule has 0 amide bonds. The van der Waals surface area contributed by atoms with Crippen LogP contribution in [0.3, 0.4) is 0 Å². The van der Waals surface area contributed by atoms with Crippen LogP contribution in [0.15, 0.2) is 48.7 Å². The van der Waals surface area contributed by atoms with Crippen molar-refractivity contribution in [2.24, 2.45) is 0 Å². The van der Waals surface area contributed by atoms with Gasteiger partial charge in [-0.3, -0.25) is 4.90 Å². The fourth-order valence-electron chi connectivity index (χ4n) is 2.33. The molecule has 3 nitrogen and oxygen atoms in total. The van der Waals surface area contributed by atoms with Crippen LogP contribution in [0, 0.1) is 0 Å². The second-order valence-electron chi connectivity index (χ2n) is 5.23. The van der Waals surface area contributed by atoms with Gasteiger partial charge in [0, 0.05) is 31.4 Å². The van der Waals surface area contributed by atoms with E-state index in [9.17, 15) is 0 Å². The lowest BCUT2D eigenvalue weighted by Gasteiger charge is -2.22. The van der Waals surface area contributed by atoms with Crippen molar-refractivity contribution in [3.63, 3.8) is 0 Å². The van der Waals surface area contributed by atoms with Crippen molar-refractivity contribution in [3.05, 3.63) is 59.8 Å². The second kappa shape index (κ2) is 8.42. The average Bonchev–Trinajstić information content (AvgIpc) is 2.54. The van der Waals surface area contributed by atoms with Gasteiger partial charge in [0.15, 0.2) is 0 Å². The third kappa shape index (κ3) is 4.87. The second-order valence-corrected chi connectivity index (χ2v) is 5.23. The van der Waals surface area contributed by atoms with Crippen LogP contribution in [0.1, 0.15) is 31.4 Å². The number of nitrogens with one attached hydrogen (secondary N) is 1. The molecule has 0 aliphatic rings. The number of benzene rings is 1. The summed E-state index contributed by atoms with van der Waals surface area (Å²) in [7, 11) is 0. The summed E-state index contributed by atoms with van der Waals surface area (Å²) in [6.07, 6.45) is 2.96. The molecule has 3 heteroatoms. The molecule has 0 saturated carbocycles. The summed E-state index contributed by atoms with van der Waals surface area (Å²) in [4.78, 5) is 6.91. The van der Waals surface area contributed by atoms with Crippen molar-refractivity contribution in [1.29, 1.82) is 0 Å². The minimum Gasteiger partial charge on any atom is -0.370 e. The standard InChI is InChI=1S/C18H25N3/c1-3-12-19-18-17(11-8-13-20-18)15-21(4-2)14-16-9-6-5-7-10-16/h5-11,13H,3-4,12,14-15H2,1-2H3,(H,19,20). The first-order chi connectivity index (χ1) is 10.3. The predicted octanol–water partition coefficient (Wildman–Crippen LogP) is 3.93. The van der Waals surface area contributed by atoms with Crippen LogP contribution in [0.5, 0.6) is 0 Å². The molecule has 0 aliphatic heterocycles. The van der Waals surface area contributed by atoms with Crippen molar-refractivity contribution in [2.75, 3.05) is 18.4 Å². The molecular formula is C18H25N3. The summed E-state index contributed by atoms with van der Waals surface area (Å²) < 4.78 is 0. The van der Waals surface area contributed by atoms with Crippen molar-refractivity contribution >= 4 is 5.82 Å². The van der Waals surface area contributed by atoms with Crippen LogP contribution in [0.4, 0.5) is 5.82 Å². The van der Waals surface area contributed by atoms with Crippen LogP contribution < -0.4 is 5.32 Å². The number of anilines is 1. The monoisotopic (exact) mass is 283 g/mol. The van der Waals surface area contributed by atoms with Crippen molar-refractivity contribution in [2.45, 2.75) is 33.4 Å². The van der Waals surface area contributed by atoms with Gasteiger partial charge in [-0.15, -0.1) is 0 Å². The van der Waals surface area contributed by atoms with Crippen LogP contribution in [-0.4, -0.2) is 23.0 Å². The summed E-state index contributed by atoms with van der Waals surface area (Å²) in [5.41, 5.74) is 2.62. The number of rotatable bonds is 8. The summed E-state index contributed by atoms with van der Waals surface area (Å²) in [5.74, 6) is 1.02. The van der Waals surface area contributed by atoms with E-state index < -0.39 is 0 Å². The molecule has 21 heavy (non-hydrogen) atoms. The highest BCUT2D eigenvalue weighted by Crippen LogP contribution is 2.16. The summed E-state index contributed by atoms with van der Waals surface area (Å²) in [6, 6.07) is 14.8. The van der Waals surface area contributed by atoms with Gasteiger partial charge in [-0.05, 0) is 24.6 Å². The Bertz CT molecular complexity index is 525.